The SMILES string of the molecule is C#CCn1c(=NC(=O)c2ccc(S(=O)(=O)N(CC)c3ccccc3)cc2)sc2ccc(Cl)c(C)c21. The van der Waals surface area contributed by atoms with Gasteiger partial charge in [0.25, 0.3) is 15.9 Å². The highest BCUT2D eigenvalue weighted by molar-refractivity contribution is 7.92. The number of terminal acetylenes is 1. The summed E-state index contributed by atoms with van der Waals surface area (Å²) in [5, 5.41) is 0.604. The maximum atomic E-state index is 13.2. The van der Waals surface area contributed by atoms with Crippen LogP contribution in [0, 0.1) is 19.3 Å². The summed E-state index contributed by atoms with van der Waals surface area (Å²) in [7, 11) is -3.79. The fourth-order valence-corrected chi connectivity index (χ4v) is 6.49. The van der Waals surface area contributed by atoms with E-state index in [9.17, 15) is 13.2 Å². The lowest BCUT2D eigenvalue weighted by Gasteiger charge is -2.22. The third-order valence-corrected chi connectivity index (χ3v) is 8.87. The van der Waals surface area contributed by atoms with Crippen LogP contribution >= 0.6 is 22.9 Å². The van der Waals surface area contributed by atoms with Crippen LogP contribution in [-0.4, -0.2) is 25.4 Å². The summed E-state index contributed by atoms with van der Waals surface area (Å²) in [5.74, 6) is 2.10. The van der Waals surface area contributed by atoms with E-state index >= 15 is 0 Å². The Labute approximate surface area is 213 Å². The van der Waals surface area contributed by atoms with Gasteiger partial charge < -0.3 is 4.57 Å². The van der Waals surface area contributed by atoms with Gasteiger partial charge in [-0.25, -0.2) is 8.42 Å². The zero-order chi connectivity index (χ0) is 25.2. The van der Waals surface area contributed by atoms with Gasteiger partial charge in [-0.05, 0) is 67.9 Å². The number of sulfonamides is 1. The second-order valence-electron chi connectivity index (χ2n) is 7.64. The summed E-state index contributed by atoms with van der Waals surface area (Å²) in [6, 6.07) is 18.3. The van der Waals surface area contributed by atoms with Crippen LogP contribution in [-0.2, 0) is 16.6 Å². The van der Waals surface area contributed by atoms with Gasteiger partial charge >= 0.3 is 0 Å². The predicted octanol–water partition coefficient (Wildman–Crippen LogP) is 5.25. The smallest absolute Gasteiger partial charge is 0.279 e. The summed E-state index contributed by atoms with van der Waals surface area (Å²) in [4.78, 5) is 17.8. The molecule has 1 amide bonds. The quantitative estimate of drug-likeness (QED) is 0.324. The first-order valence-electron chi connectivity index (χ1n) is 10.8. The summed E-state index contributed by atoms with van der Waals surface area (Å²) < 4.78 is 30.4. The number of aryl methyl sites for hydroxylation is 1. The van der Waals surface area contributed by atoms with E-state index in [4.69, 9.17) is 18.0 Å². The monoisotopic (exact) mass is 523 g/mol. The molecular weight excluding hydrogens is 502 g/mol. The lowest BCUT2D eigenvalue weighted by molar-refractivity contribution is 0.0998. The molecule has 0 aliphatic heterocycles. The number of thiazole rings is 1. The number of amides is 1. The molecule has 35 heavy (non-hydrogen) atoms. The highest BCUT2D eigenvalue weighted by atomic mass is 35.5. The van der Waals surface area contributed by atoms with Crippen molar-refractivity contribution in [1.82, 2.24) is 4.57 Å². The number of carbonyl (C=O) groups excluding carboxylic acids is 1. The largest absolute Gasteiger partial charge is 0.304 e. The van der Waals surface area contributed by atoms with Gasteiger partial charge in [0.15, 0.2) is 4.80 Å². The van der Waals surface area contributed by atoms with E-state index < -0.39 is 15.9 Å². The predicted molar refractivity (Wildman–Crippen MR) is 141 cm³/mol. The van der Waals surface area contributed by atoms with Gasteiger partial charge in [-0.2, -0.15) is 4.99 Å². The van der Waals surface area contributed by atoms with Gasteiger partial charge in [0.1, 0.15) is 0 Å². The molecule has 0 atom stereocenters. The van der Waals surface area contributed by atoms with Gasteiger partial charge in [-0.15, -0.1) is 6.42 Å². The molecule has 0 fully saturated rings. The third kappa shape index (κ3) is 4.76. The first-order valence-corrected chi connectivity index (χ1v) is 13.4. The van der Waals surface area contributed by atoms with Crippen molar-refractivity contribution in [2.75, 3.05) is 10.8 Å². The Morgan fingerprint density at radius 2 is 1.80 bits per heavy atom. The molecule has 0 saturated carbocycles. The van der Waals surface area contributed by atoms with Crippen molar-refractivity contribution in [2.24, 2.45) is 4.99 Å². The van der Waals surface area contributed by atoms with Crippen LogP contribution in [0.1, 0.15) is 22.8 Å². The normalized spacial score (nSPS) is 12.0. The fraction of sp³-hybridized carbons (Fsp3) is 0.154. The lowest BCUT2D eigenvalue weighted by atomic mass is 10.2. The Hall–Kier alpha value is -3.38. The molecule has 0 aliphatic rings. The van der Waals surface area contributed by atoms with Crippen LogP contribution < -0.4 is 9.11 Å². The number of anilines is 1. The number of nitrogens with zero attached hydrogens (tertiary/aromatic N) is 3. The molecule has 0 spiro atoms. The molecule has 178 valence electrons. The van der Waals surface area contributed by atoms with Crippen LogP contribution in [0.5, 0.6) is 0 Å². The molecule has 0 aliphatic carbocycles. The number of aromatic nitrogens is 1. The van der Waals surface area contributed by atoms with Gasteiger partial charge in [0.2, 0.25) is 0 Å². The zero-order valence-electron chi connectivity index (χ0n) is 19.1. The maximum absolute atomic E-state index is 13.2. The third-order valence-electron chi connectivity index (χ3n) is 5.50. The van der Waals surface area contributed by atoms with Gasteiger partial charge in [0, 0.05) is 17.1 Å². The van der Waals surface area contributed by atoms with Crippen LogP contribution in [0.3, 0.4) is 0 Å². The molecule has 0 unspecified atom stereocenters. The van der Waals surface area contributed by atoms with E-state index in [0.717, 1.165) is 15.8 Å². The number of carbonyl (C=O) groups is 1. The second kappa shape index (κ2) is 10.1. The average Bonchev–Trinajstić information content (AvgIpc) is 3.20. The van der Waals surface area contributed by atoms with E-state index in [-0.39, 0.29) is 23.5 Å². The number of halogens is 1. The number of para-hydroxylation sites is 1. The highest BCUT2D eigenvalue weighted by Crippen LogP contribution is 2.27. The fourth-order valence-electron chi connectivity index (χ4n) is 3.77. The van der Waals surface area contributed by atoms with Crippen molar-refractivity contribution in [3.05, 3.63) is 87.7 Å². The topological polar surface area (TPSA) is 71.7 Å². The molecular formula is C26H22ClN3O3S2. The Morgan fingerprint density at radius 3 is 2.43 bits per heavy atom. The number of fused-ring (bicyclic) bond motifs is 1. The Bertz CT molecular complexity index is 1610. The molecule has 4 aromatic rings. The molecule has 9 heteroatoms. The van der Waals surface area contributed by atoms with E-state index in [0.29, 0.717) is 15.5 Å². The van der Waals surface area contributed by atoms with E-state index in [1.807, 2.05) is 19.1 Å². The van der Waals surface area contributed by atoms with Crippen molar-refractivity contribution in [3.8, 4) is 12.3 Å². The molecule has 0 bridgehead atoms. The van der Waals surface area contributed by atoms with E-state index in [1.54, 1.807) is 41.8 Å². The number of hydrogen-bond acceptors (Lipinski definition) is 4. The summed E-state index contributed by atoms with van der Waals surface area (Å²) in [5.41, 5.74) is 2.54. The van der Waals surface area contributed by atoms with E-state index in [2.05, 4.69) is 10.9 Å². The summed E-state index contributed by atoms with van der Waals surface area (Å²) >= 11 is 7.62. The standard InChI is InChI=1S/C26H22ClN3O3S2/c1-4-17-29-24-18(3)22(27)15-16-23(24)34-26(29)28-25(31)19-11-13-21(14-12-19)35(32,33)30(5-2)20-9-7-6-8-10-20/h1,6-16H,5,17H2,2-3H3. The molecule has 0 radical (unpaired) electrons. The first-order chi connectivity index (χ1) is 16.8. The van der Waals surface area contributed by atoms with Crippen LogP contribution in [0.25, 0.3) is 10.2 Å². The Balaban J connectivity index is 1.70. The van der Waals surface area contributed by atoms with Crippen molar-refractivity contribution >= 4 is 54.8 Å². The number of benzene rings is 3. The van der Waals surface area contributed by atoms with Crippen LogP contribution in [0.15, 0.2) is 76.6 Å². The van der Waals surface area contributed by atoms with Crippen molar-refractivity contribution in [2.45, 2.75) is 25.3 Å². The molecule has 1 heterocycles. The van der Waals surface area contributed by atoms with Crippen LogP contribution in [0.2, 0.25) is 5.02 Å². The second-order valence-corrected chi connectivity index (χ2v) is 10.9. The Kier molecular flexibility index (Phi) is 7.13. The minimum atomic E-state index is -3.79. The summed E-state index contributed by atoms with van der Waals surface area (Å²) in [6.45, 7) is 4.17. The lowest BCUT2D eigenvalue weighted by Crippen LogP contribution is -2.30. The first kappa shape index (κ1) is 24.7. The average molecular weight is 524 g/mol. The van der Waals surface area contributed by atoms with Crippen LogP contribution in [0.4, 0.5) is 5.69 Å². The van der Waals surface area contributed by atoms with Gasteiger partial charge in [-0.3, -0.25) is 9.10 Å². The molecule has 0 N–H and O–H groups in total. The molecule has 4 rings (SSSR count). The minimum Gasteiger partial charge on any atom is -0.304 e. The van der Waals surface area contributed by atoms with Crippen molar-refractivity contribution in [3.63, 3.8) is 0 Å². The zero-order valence-corrected chi connectivity index (χ0v) is 21.5. The molecule has 0 saturated heterocycles. The van der Waals surface area contributed by atoms with Crippen molar-refractivity contribution in [1.29, 1.82) is 0 Å². The molecule has 3 aromatic carbocycles. The van der Waals surface area contributed by atoms with Gasteiger partial charge in [0.05, 0.1) is 27.3 Å². The number of hydrogen-bond donors (Lipinski definition) is 0. The molecule has 1 aromatic heterocycles. The van der Waals surface area contributed by atoms with E-state index in [1.165, 1.54) is 39.9 Å². The number of rotatable bonds is 6. The minimum absolute atomic E-state index is 0.0919. The van der Waals surface area contributed by atoms with Crippen molar-refractivity contribution < 1.29 is 13.2 Å². The molecule has 6 nitrogen and oxygen atoms in total. The van der Waals surface area contributed by atoms with Gasteiger partial charge in [-0.1, -0.05) is 47.1 Å². The maximum Gasteiger partial charge on any atom is 0.279 e. The highest BCUT2D eigenvalue weighted by Gasteiger charge is 2.23. The Morgan fingerprint density at radius 1 is 1.11 bits per heavy atom. The summed E-state index contributed by atoms with van der Waals surface area (Å²) in [6.07, 6.45) is 5.56.